The summed E-state index contributed by atoms with van der Waals surface area (Å²) in [5, 5.41) is 9.93. The molecule has 2 heterocycles. The van der Waals surface area contributed by atoms with Crippen LogP contribution in [0.4, 0.5) is 5.69 Å². The van der Waals surface area contributed by atoms with Gasteiger partial charge in [-0.25, -0.2) is 4.98 Å². The topological polar surface area (TPSA) is 117 Å². The summed E-state index contributed by atoms with van der Waals surface area (Å²) < 4.78 is 26.2. The first-order chi connectivity index (χ1) is 17.0. The Morgan fingerprint density at radius 1 is 1.23 bits per heavy atom. The van der Waals surface area contributed by atoms with Crippen LogP contribution < -0.4 is 4.74 Å². The summed E-state index contributed by atoms with van der Waals surface area (Å²) in [5.41, 5.74) is 2.16. The number of carbonyl (C=O) groups is 1. The highest BCUT2D eigenvalue weighted by Crippen LogP contribution is 2.31. The molecule has 1 N–H and O–H groups in total. The molecule has 1 aliphatic rings. The van der Waals surface area contributed by atoms with Crippen LogP contribution in [0.15, 0.2) is 59.2 Å². The molecule has 1 saturated heterocycles. The van der Waals surface area contributed by atoms with E-state index >= 15 is 0 Å². The number of ether oxygens (including phenoxy) is 1. The summed E-state index contributed by atoms with van der Waals surface area (Å²) in [6.07, 6.45) is 3.41. The number of fused-ring (bicyclic) bond motifs is 1. The minimum atomic E-state index is -1.85. The van der Waals surface area contributed by atoms with Crippen LogP contribution in [0.5, 0.6) is 5.75 Å². The lowest BCUT2D eigenvalue weighted by Gasteiger charge is -2.32. The first kappa shape index (κ1) is 25.0. The molecule has 10 nitrogen and oxygen atoms in total. The van der Waals surface area contributed by atoms with E-state index in [0.717, 1.165) is 18.5 Å². The number of likely N-dealkylation sites (tertiary alicyclic amines) is 1. The molecule has 1 unspecified atom stereocenters. The number of amides is 1. The number of carbonyl (C=O) groups excluding carboxylic acids is 1. The monoisotopic (exact) mass is 498 g/mol. The highest BCUT2D eigenvalue weighted by atomic mass is 32.2. The van der Waals surface area contributed by atoms with Crippen molar-refractivity contribution in [2.45, 2.75) is 18.6 Å². The second-order valence-corrected chi connectivity index (χ2v) is 9.18. The molecule has 35 heavy (non-hydrogen) atoms. The number of benzene rings is 2. The van der Waals surface area contributed by atoms with E-state index in [-0.39, 0.29) is 24.7 Å². The summed E-state index contributed by atoms with van der Waals surface area (Å²) in [6.45, 7) is 1.80. The fraction of sp³-hybridized carbons (Fsp3) is 0.375. The quantitative estimate of drug-likeness (QED) is 0.448. The molecule has 1 fully saturated rings. The van der Waals surface area contributed by atoms with Gasteiger partial charge < -0.3 is 27.5 Å². The second-order valence-electron chi connectivity index (χ2n) is 8.23. The Morgan fingerprint density at radius 3 is 2.66 bits per heavy atom. The number of hydrogen-bond acceptors (Lipinski definition) is 10. The summed E-state index contributed by atoms with van der Waals surface area (Å²) >= 11 is 0. The summed E-state index contributed by atoms with van der Waals surface area (Å²) in [6, 6.07) is 12.9. The number of nitrogens with zero attached hydrogens (tertiary/aromatic N) is 5. The number of β-amino-alcohol motifs (C(OH)–C–C–N with tert-alkyl or cyclic N) is 1. The Morgan fingerprint density at radius 2 is 1.97 bits per heavy atom. The minimum Gasteiger partial charge on any atom is -0.481 e. The van der Waals surface area contributed by atoms with Crippen LogP contribution >= 0.6 is 0 Å². The van der Waals surface area contributed by atoms with Crippen LogP contribution in [0.1, 0.15) is 18.0 Å². The lowest BCUT2D eigenvalue weighted by molar-refractivity contribution is -0.134. The zero-order valence-electron chi connectivity index (χ0n) is 19.6. The van der Waals surface area contributed by atoms with Crippen LogP contribution in [0.3, 0.4) is 0 Å². The highest BCUT2D eigenvalue weighted by Gasteiger charge is 2.28. The zero-order chi connectivity index (χ0) is 24.8. The fourth-order valence-corrected chi connectivity index (χ4v) is 4.47. The molecule has 2 aromatic carbocycles. The molecule has 0 spiro atoms. The van der Waals surface area contributed by atoms with Crippen LogP contribution in [-0.4, -0.2) is 77.3 Å². The molecule has 2 atom stereocenters. The van der Waals surface area contributed by atoms with E-state index in [4.69, 9.17) is 8.92 Å². The smallest absolute Gasteiger partial charge is 0.260 e. The van der Waals surface area contributed by atoms with Gasteiger partial charge in [-0.3, -0.25) is 14.7 Å². The van der Waals surface area contributed by atoms with Crippen molar-refractivity contribution in [3.63, 3.8) is 0 Å². The van der Waals surface area contributed by atoms with Crippen LogP contribution in [0.25, 0.3) is 11.0 Å². The van der Waals surface area contributed by atoms with E-state index in [0.29, 0.717) is 35.6 Å². The number of aliphatic hydroxyl groups is 1. The normalized spacial score (nSPS) is 18.0. The van der Waals surface area contributed by atoms with Gasteiger partial charge in [0, 0.05) is 46.2 Å². The molecule has 0 aliphatic carbocycles. The molecule has 11 heteroatoms. The molecule has 1 amide bonds. The molecular formula is C24H28N5O5S-. The Balaban J connectivity index is 1.51. The number of aliphatic hydroxyl groups excluding tert-OH is 1. The van der Waals surface area contributed by atoms with Gasteiger partial charge in [0.25, 0.3) is 5.91 Å². The molecule has 1 aliphatic heterocycles. The number of hydrogen-bond donors (Lipinski definition) is 1. The fourth-order valence-electron chi connectivity index (χ4n) is 4.09. The molecular weight excluding hydrogens is 470 g/mol. The summed E-state index contributed by atoms with van der Waals surface area (Å²) in [4.78, 5) is 25.6. The Bertz CT molecular complexity index is 1250. The van der Waals surface area contributed by atoms with E-state index in [1.807, 2.05) is 30.3 Å². The second kappa shape index (κ2) is 11.5. The van der Waals surface area contributed by atoms with Crippen molar-refractivity contribution in [3.8, 4) is 5.75 Å². The van der Waals surface area contributed by atoms with Gasteiger partial charge in [0.2, 0.25) is 0 Å². The van der Waals surface area contributed by atoms with Gasteiger partial charge in [-0.15, -0.1) is 0 Å². The third-order valence-electron chi connectivity index (χ3n) is 5.96. The highest BCUT2D eigenvalue weighted by molar-refractivity contribution is 7.69. The Kier molecular flexibility index (Phi) is 8.24. The molecule has 0 bridgehead atoms. The van der Waals surface area contributed by atoms with Crippen molar-refractivity contribution in [2.75, 3.05) is 40.4 Å². The maximum atomic E-state index is 13.2. The van der Waals surface area contributed by atoms with Crippen molar-refractivity contribution >= 4 is 33.5 Å². The largest absolute Gasteiger partial charge is 0.481 e. The molecule has 186 valence electrons. The SMILES string of the molecule is CO[S-](=O)=Nc1ccc(OCC(=O)N(C)C(CN2CC[C@H](O)C2)c2ccccc2)c2nccnc12. The average molecular weight is 499 g/mol. The van der Waals surface area contributed by atoms with Crippen LogP contribution in [-0.2, 0) is 24.1 Å². The van der Waals surface area contributed by atoms with Crippen molar-refractivity contribution in [2.24, 2.45) is 4.36 Å². The van der Waals surface area contributed by atoms with Gasteiger partial charge >= 0.3 is 0 Å². The molecule has 4 rings (SSSR count). The molecule has 3 aromatic rings. The average Bonchev–Trinajstić information content (AvgIpc) is 3.31. The Labute approximate surface area is 205 Å². The maximum absolute atomic E-state index is 13.2. The summed E-state index contributed by atoms with van der Waals surface area (Å²) in [5.74, 6) is 0.167. The molecule has 1 aromatic heterocycles. The molecule has 0 radical (unpaired) electrons. The molecule has 0 saturated carbocycles. The van der Waals surface area contributed by atoms with Crippen molar-refractivity contribution in [3.05, 3.63) is 60.4 Å². The Hall–Kier alpha value is -3.12. The number of likely N-dealkylation sites (N-methyl/N-ethyl adjacent to an activating group) is 1. The van der Waals surface area contributed by atoms with E-state index in [9.17, 15) is 14.1 Å². The predicted octanol–water partition coefficient (Wildman–Crippen LogP) is 2.62. The third-order valence-corrected chi connectivity index (χ3v) is 6.59. The van der Waals surface area contributed by atoms with Crippen molar-refractivity contribution < 1.29 is 23.0 Å². The lowest BCUT2D eigenvalue weighted by atomic mass is 10.0. The van der Waals surface area contributed by atoms with Gasteiger partial charge in [0.05, 0.1) is 17.8 Å². The van der Waals surface area contributed by atoms with Gasteiger partial charge in [-0.1, -0.05) is 41.2 Å². The van der Waals surface area contributed by atoms with E-state index in [2.05, 4.69) is 19.2 Å². The zero-order valence-corrected chi connectivity index (χ0v) is 20.4. The van der Waals surface area contributed by atoms with Crippen LogP contribution in [0, 0.1) is 0 Å². The summed E-state index contributed by atoms with van der Waals surface area (Å²) in [7, 11) is 1.20. The van der Waals surface area contributed by atoms with Crippen LogP contribution in [0.2, 0.25) is 0 Å². The van der Waals surface area contributed by atoms with E-state index in [1.165, 1.54) is 19.5 Å². The third kappa shape index (κ3) is 6.12. The van der Waals surface area contributed by atoms with Gasteiger partial charge in [0.1, 0.15) is 16.8 Å². The van der Waals surface area contributed by atoms with Gasteiger partial charge in [-0.2, -0.15) is 0 Å². The number of aromatic nitrogens is 2. The van der Waals surface area contributed by atoms with Gasteiger partial charge in [-0.05, 0) is 24.1 Å². The first-order valence-corrected chi connectivity index (χ1v) is 12.2. The lowest BCUT2D eigenvalue weighted by Crippen LogP contribution is -2.40. The maximum Gasteiger partial charge on any atom is 0.260 e. The van der Waals surface area contributed by atoms with Gasteiger partial charge in [0.15, 0.2) is 6.61 Å². The van der Waals surface area contributed by atoms with Crippen molar-refractivity contribution in [1.29, 1.82) is 0 Å². The van der Waals surface area contributed by atoms with E-state index < -0.39 is 10.9 Å². The number of rotatable bonds is 9. The minimum absolute atomic E-state index is 0.195. The predicted molar refractivity (Wildman–Crippen MR) is 131 cm³/mol. The van der Waals surface area contributed by atoms with E-state index in [1.54, 1.807) is 24.1 Å². The standard InChI is InChI=1S/C24H28N5O5S/c1-28(20(17-6-4-3-5-7-17)15-29-13-10-18(30)14-29)22(31)16-34-21-9-8-19(27-35(32)33-2)23-24(21)26-12-11-25-23/h3-9,11-12,18,20,30H,10,13-16H2,1-2H3/q-1/t18-,20?/m0/s1. The van der Waals surface area contributed by atoms with Crippen molar-refractivity contribution in [1.82, 2.24) is 19.8 Å². The first-order valence-electron chi connectivity index (χ1n) is 11.2.